The third-order valence-corrected chi connectivity index (χ3v) is 5.60. The van der Waals surface area contributed by atoms with E-state index in [1.807, 2.05) is 12.1 Å². The van der Waals surface area contributed by atoms with Gasteiger partial charge in [-0.2, -0.15) is 0 Å². The molecular formula is C23H23NO2S. The van der Waals surface area contributed by atoms with Crippen LogP contribution in [0.2, 0.25) is 0 Å². The molecule has 2 heterocycles. The van der Waals surface area contributed by atoms with Crippen molar-refractivity contribution in [1.29, 1.82) is 0 Å². The molecule has 3 nitrogen and oxygen atoms in total. The Hall–Kier alpha value is -2.56. The van der Waals surface area contributed by atoms with Crippen molar-refractivity contribution >= 4 is 17.4 Å². The lowest BCUT2D eigenvalue weighted by molar-refractivity contribution is 0.236. The van der Waals surface area contributed by atoms with Crippen LogP contribution in [0.15, 0.2) is 65.6 Å². The average molecular weight is 378 g/mol. The molecule has 0 bridgehead atoms. The number of nitrogens with zero attached hydrogens (tertiary/aromatic N) is 1. The first-order valence-corrected chi connectivity index (χ1v) is 10.0. The number of benzene rings is 2. The molecule has 3 aromatic rings. The molecule has 0 fully saturated rings. The van der Waals surface area contributed by atoms with Crippen LogP contribution >= 0.6 is 11.3 Å². The van der Waals surface area contributed by atoms with Crippen molar-refractivity contribution in [2.75, 3.05) is 19.7 Å². The predicted octanol–water partition coefficient (Wildman–Crippen LogP) is 5.42. The van der Waals surface area contributed by atoms with Gasteiger partial charge < -0.3 is 9.84 Å². The lowest BCUT2D eigenvalue weighted by Crippen LogP contribution is -2.27. The second-order valence-corrected chi connectivity index (χ2v) is 7.87. The number of ether oxygens (including phenoxy) is 1. The summed E-state index contributed by atoms with van der Waals surface area (Å²) in [5.41, 5.74) is 4.62. The highest BCUT2D eigenvalue weighted by atomic mass is 32.1. The van der Waals surface area contributed by atoms with Crippen molar-refractivity contribution in [3.05, 3.63) is 76.7 Å². The summed E-state index contributed by atoms with van der Waals surface area (Å²) in [5, 5.41) is 12.5. The summed E-state index contributed by atoms with van der Waals surface area (Å²) in [6.45, 7) is 5.23. The van der Waals surface area contributed by atoms with E-state index in [0.717, 1.165) is 35.6 Å². The number of thiophene rings is 1. The molecule has 4 rings (SSSR count). The van der Waals surface area contributed by atoms with Gasteiger partial charge in [0.2, 0.25) is 0 Å². The van der Waals surface area contributed by atoms with Gasteiger partial charge in [-0.15, -0.1) is 11.3 Å². The molecule has 0 saturated carbocycles. The average Bonchev–Trinajstić information content (AvgIpc) is 3.11. The van der Waals surface area contributed by atoms with Gasteiger partial charge in [-0.05, 0) is 41.6 Å². The SMILES string of the molecule is C/C(=C\c1ccccc1)CN1CCOc2c(O)cc(-c3cccs3)cc2C1. The van der Waals surface area contributed by atoms with Crippen molar-refractivity contribution in [1.82, 2.24) is 4.90 Å². The van der Waals surface area contributed by atoms with Gasteiger partial charge in [0.15, 0.2) is 11.5 Å². The quantitative estimate of drug-likeness (QED) is 0.659. The summed E-state index contributed by atoms with van der Waals surface area (Å²) in [5.74, 6) is 0.858. The van der Waals surface area contributed by atoms with Gasteiger partial charge in [0.05, 0.1) is 0 Å². The number of fused-ring (bicyclic) bond motifs is 1. The van der Waals surface area contributed by atoms with Crippen LogP contribution in [0.3, 0.4) is 0 Å². The van der Waals surface area contributed by atoms with Crippen molar-refractivity contribution in [3.63, 3.8) is 0 Å². The smallest absolute Gasteiger partial charge is 0.165 e. The maximum Gasteiger partial charge on any atom is 0.165 e. The van der Waals surface area contributed by atoms with Crippen LogP contribution in [0.4, 0.5) is 0 Å². The molecule has 1 aliphatic rings. The Bertz CT molecular complexity index is 933. The fraction of sp³-hybridized carbons (Fsp3) is 0.217. The summed E-state index contributed by atoms with van der Waals surface area (Å²) in [4.78, 5) is 3.53. The van der Waals surface area contributed by atoms with E-state index in [4.69, 9.17) is 4.74 Å². The lowest BCUT2D eigenvalue weighted by Gasteiger charge is -2.20. The minimum Gasteiger partial charge on any atom is -0.504 e. The van der Waals surface area contributed by atoms with Crippen LogP contribution in [0, 0.1) is 0 Å². The first kappa shape index (κ1) is 17.8. The monoisotopic (exact) mass is 377 g/mol. The Kier molecular flexibility index (Phi) is 5.28. The highest BCUT2D eigenvalue weighted by Crippen LogP contribution is 2.38. The highest BCUT2D eigenvalue weighted by Gasteiger charge is 2.20. The maximum absolute atomic E-state index is 10.5. The fourth-order valence-corrected chi connectivity index (χ4v) is 4.22. The highest BCUT2D eigenvalue weighted by molar-refractivity contribution is 7.13. The Morgan fingerprint density at radius 1 is 1.19 bits per heavy atom. The van der Waals surface area contributed by atoms with Crippen molar-refractivity contribution < 1.29 is 9.84 Å². The molecule has 1 aromatic heterocycles. The summed E-state index contributed by atoms with van der Waals surface area (Å²) in [6, 6.07) is 18.5. The van der Waals surface area contributed by atoms with Gasteiger partial charge in [0, 0.05) is 30.1 Å². The topological polar surface area (TPSA) is 32.7 Å². The summed E-state index contributed by atoms with van der Waals surface area (Å²) in [6.07, 6.45) is 2.23. The molecule has 1 N–H and O–H groups in total. The molecule has 138 valence electrons. The van der Waals surface area contributed by atoms with E-state index < -0.39 is 0 Å². The third-order valence-electron chi connectivity index (χ3n) is 4.69. The number of hydrogen-bond donors (Lipinski definition) is 1. The second-order valence-electron chi connectivity index (χ2n) is 6.92. The molecule has 0 spiro atoms. The van der Waals surface area contributed by atoms with E-state index in [-0.39, 0.29) is 5.75 Å². The zero-order valence-corrected chi connectivity index (χ0v) is 16.2. The van der Waals surface area contributed by atoms with Crippen LogP contribution < -0.4 is 4.74 Å². The van der Waals surface area contributed by atoms with Crippen LogP contribution in [-0.2, 0) is 6.54 Å². The zero-order chi connectivity index (χ0) is 18.6. The Morgan fingerprint density at radius 2 is 2.04 bits per heavy atom. The molecule has 0 amide bonds. The number of phenols is 1. The number of hydrogen-bond acceptors (Lipinski definition) is 4. The van der Waals surface area contributed by atoms with Gasteiger partial charge >= 0.3 is 0 Å². The normalized spacial score (nSPS) is 15.1. The van der Waals surface area contributed by atoms with E-state index in [2.05, 4.69) is 59.7 Å². The summed E-state index contributed by atoms with van der Waals surface area (Å²) < 4.78 is 5.87. The molecule has 0 atom stereocenters. The molecule has 0 unspecified atom stereocenters. The molecule has 1 aliphatic heterocycles. The Balaban J connectivity index is 1.56. The Morgan fingerprint density at radius 3 is 2.81 bits per heavy atom. The van der Waals surface area contributed by atoms with E-state index in [0.29, 0.717) is 12.4 Å². The number of phenolic OH excluding ortho intramolecular Hbond substituents is 1. The second kappa shape index (κ2) is 7.99. The molecule has 0 saturated heterocycles. The molecule has 4 heteroatoms. The largest absolute Gasteiger partial charge is 0.504 e. The van der Waals surface area contributed by atoms with E-state index >= 15 is 0 Å². The number of aromatic hydroxyl groups is 1. The first-order chi connectivity index (χ1) is 13.2. The van der Waals surface area contributed by atoms with Crippen LogP contribution in [0.25, 0.3) is 16.5 Å². The molecule has 0 radical (unpaired) electrons. The minimum absolute atomic E-state index is 0.231. The third kappa shape index (κ3) is 4.24. The van der Waals surface area contributed by atoms with E-state index in [1.165, 1.54) is 11.1 Å². The van der Waals surface area contributed by atoms with Crippen molar-refractivity contribution in [2.45, 2.75) is 13.5 Å². The fourth-order valence-electron chi connectivity index (χ4n) is 3.51. The van der Waals surface area contributed by atoms with Crippen molar-refractivity contribution in [2.24, 2.45) is 0 Å². The van der Waals surface area contributed by atoms with Gasteiger partial charge in [-0.3, -0.25) is 4.90 Å². The summed E-state index contributed by atoms with van der Waals surface area (Å²) in [7, 11) is 0. The van der Waals surface area contributed by atoms with Crippen LogP contribution in [0.1, 0.15) is 18.1 Å². The maximum atomic E-state index is 10.5. The Labute approximate surface area is 164 Å². The minimum atomic E-state index is 0.231. The molecule has 27 heavy (non-hydrogen) atoms. The standard InChI is InChI=1S/C23H23NO2S/c1-17(12-18-6-3-2-4-7-18)15-24-9-10-26-23-20(16-24)13-19(14-21(23)25)22-8-5-11-27-22/h2-8,11-14,25H,9-10,15-16H2,1H3/b17-12+. The predicted molar refractivity (Wildman–Crippen MR) is 112 cm³/mol. The molecular weight excluding hydrogens is 354 g/mol. The lowest BCUT2D eigenvalue weighted by atomic mass is 10.1. The van der Waals surface area contributed by atoms with Crippen molar-refractivity contribution in [3.8, 4) is 21.9 Å². The van der Waals surface area contributed by atoms with Gasteiger partial charge in [0.25, 0.3) is 0 Å². The summed E-state index contributed by atoms with van der Waals surface area (Å²) >= 11 is 1.68. The zero-order valence-electron chi connectivity index (χ0n) is 15.4. The first-order valence-electron chi connectivity index (χ1n) is 9.16. The molecule has 0 aliphatic carbocycles. The van der Waals surface area contributed by atoms with E-state index in [9.17, 15) is 5.11 Å². The van der Waals surface area contributed by atoms with E-state index in [1.54, 1.807) is 17.4 Å². The molecule has 2 aromatic carbocycles. The van der Waals surface area contributed by atoms with Crippen LogP contribution in [0.5, 0.6) is 11.5 Å². The van der Waals surface area contributed by atoms with Gasteiger partial charge in [-0.1, -0.05) is 48.0 Å². The van der Waals surface area contributed by atoms with Crippen LogP contribution in [-0.4, -0.2) is 29.7 Å². The van der Waals surface area contributed by atoms with Gasteiger partial charge in [0.1, 0.15) is 6.61 Å². The van der Waals surface area contributed by atoms with Gasteiger partial charge in [-0.25, -0.2) is 0 Å². The number of rotatable bonds is 4.